The number of amides is 1. The fraction of sp³-hybridized carbons (Fsp3) is 0.320. The molecule has 0 bridgehead atoms. The second-order valence-corrected chi connectivity index (χ2v) is 9.22. The first-order valence-corrected chi connectivity index (χ1v) is 12.2. The zero-order valence-corrected chi connectivity index (χ0v) is 21.4. The maximum absolute atomic E-state index is 12.7. The minimum absolute atomic E-state index is 0.0766. The molecule has 1 amide bonds. The Hall–Kier alpha value is -2.97. The van der Waals surface area contributed by atoms with Gasteiger partial charge in [0.15, 0.2) is 0 Å². The summed E-state index contributed by atoms with van der Waals surface area (Å²) in [6.07, 6.45) is 1.86. The van der Waals surface area contributed by atoms with Crippen LogP contribution >= 0.6 is 23.4 Å². The number of hydrogen-bond donors (Lipinski definition) is 2. The molecular weight excluding hydrogens is 474 g/mol. The van der Waals surface area contributed by atoms with E-state index < -0.39 is 0 Å². The standard InChI is InChI=1S/C25H28ClN3O4S/c1-6-33-25(31)11-17-10-24(29-20-8-15(3)14(2)7-19(20)27-17)34-13-23(30)28-21-9-16(4)18(26)12-22(21)32-5/h7-10,12,27H,6,11,13H2,1-5H3,(H,28,30). The number of carbonyl (C=O) groups excluding carboxylic acids is 2. The Kier molecular flexibility index (Phi) is 8.63. The lowest BCUT2D eigenvalue weighted by atomic mass is 10.1. The number of aliphatic imine (C=N–C) groups is 1. The zero-order valence-electron chi connectivity index (χ0n) is 19.9. The third kappa shape index (κ3) is 6.55. The fourth-order valence-electron chi connectivity index (χ4n) is 3.29. The predicted octanol–water partition coefficient (Wildman–Crippen LogP) is 5.94. The molecule has 0 radical (unpaired) electrons. The van der Waals surface area contributed by atoms with Crippen molar-refractivity contribution in [1.29, 1.82) is 0 Å². The van der Waals surface area contributed by atoms with Crippen LogP contribution in [-0.2, 0) is 14.3 Å². The van der Waals surface area contributed by atoms with Crippen molar-refractivity contribution in [3.8, 4) is 5.75 Å². The van der Waals surface area contributed by atoms with Crippen LogP contribution < -0.4 is 15.4 Å². The first-order chi connectivity index (χ1) is 16.2. The molecule has 0 atom stereocenters. The molecule has 0 spiro atoms. The number of nitrogens with zero attached hydrogens (tertiary/aromatic N) is 1. The summed E-state index contributed by atoms with van der Waals surface area (Å²) in [5, 5.41) is 7.35. The number of halogens is 1. The van der Waals surface area contributed by atoms with Gasteiger partial charge in [-0.2, -0.15) is 0 Å². The Morgan fingerprint density at radius 1 is 1.12 bits per heavy atom. The summed E-state index contributed by atoms with van der Waals surface area (Å²) in [6.45, 7) is 7.98. The van der Waals surface area contributed by atoms with E-state index in [0.29, 0.717) is 33.8 Å². The van der Waals surface area contributed by atoms with E-state index in [1.807, 2.05) is 32.9 Å². The average Bonchev–Trinajstić information content (AvgIpc) is 2.93. The van der Waals surface area contributed by atoms with E-state index in [1.165, 1.54) is 18.9 Å². The van der Waals surface area contributed by atoms with Crippen molar-refractivity contribution < 1.29 is 19.1 Å². The lowest BCUT2D eigenvalue weighted by Gasteiger charge is -2.12. The monoisotopic (exact) mass is 501 g/mol. The summed E-state index contributed by atoms with van der Waals surface area (Å²) >= 11 is 7.43. The smallest absolute Gasteiger partial charge is 0.311 e. The molecule has 9 heteroatoms. The van der Waals surface area contributed by atoms with Gasteiger partial charge in [0.25, 0.3) is 0 Å². The molecule has 2 aromatic rings. The van der Waals surface area contributed by atoms with Crippen LogP contribution in [0, 0.1) is 20.8 Å². The largest absolute Gasteiger partial charge is 0.495 e. The third-order valence-electron chi connectivity index (χ3n) is 5.18. The van der Waals surface area contributed by atoms with Crippen LogP contribution in [0.5, 0.6) is 5.75 Å². The molecule has 1 aliphatic rings. The summed E-state index contributed by atoms with van der Waals surface area (Å²) in [6, 6.07) is 7.44. The van der Waals surface area contributed by atoms with Gasteiger partial charge in [0, 0.05) is 16.8 Å². The topological polar surface area (TPSA) is 89.0 Å². The summed E-state index contributed by atoms with van der Waals surface area (Å²) in [5.41, 5.74) is 5.80. The van der Waals surface area contributed by atoms with Gasteiger partial charge in [0.1, 0.15) is 5.75 Å². The highest BCUT2D eigenvalue weighted by atomic mass is 35.5. The zero-order chi connectivity index (χ0) is 24.8. The molecule has 34 heavy (non-hydrogen) atoms. The van der Waals surface area contributed by atoms with E-state index in [0.717, 1.165) is 28.1 Å². The molecule has 1 heterocycles. The SMILES string of the molecule is CCOC(=O)CC1=CC(SCC(=O)Nc2cc(C)c(Cl)cc2OC)=Nc2cc(C)c(C)cc2N1. The molecule has 2 aromatic carbocycles. The first kappa shape index (κ1) is 25.6. The van der Waals surface area contributed by atoms with Crippen molar-refractivity contribution >= 4 is 57.3 Å². The van der Waals surface area contributed by atoms with Crippen molar-refractivity contribution in [2.24, 2.45) is 4.99 Å². The molecule has 2 N–H and O–H groups in total. The number of benzene rings is 2. The number of hydrogen-bond acceptors (Lipinski definition) is 7. The average molecular weight is 502 g/mol. The normalized spacial score (nSPS) is 12.5. The number of methoxy groups -OCH3 is 1. The van der Waals surface area contributed by atoms with E-state index in [2.05, 4.69) is 10.6 Å². The molecule has 0 aromatic heterocycles. The van der Waals surface area contributed by atoms with Gasteiger partial charge in [0.05, 0.1) is 48.0 Å². The van der Waals surface area contributed by atoms with Gasteiger partial charge in [-0.25, -0.2) is 4.99 Å². The van der Waals surface area contributed by atoms with Crippen molar-refractivity contribution in [2.45, 2.75) is 34.1 Å². The van der Waals surface area contributed by atoms with E-state index in [4.69, 9.17) is 26.1 Å². The van der Waals surface area contributed by atoms with Crippen LogP contribution in [0.2, 0.25) is 5.02 Å². The number of anilines is 2. The summed E-state index contributed by atoms with van der Waals surface area (Å²) in [5.74, 6) is 0.0558. The maximum Gasteiger partial charge on any atom is 0.311 e. The molecule has 1 aliphatic heterocycles. The van der Waals surface area contributed by atoms with Crippen LogP contribution in [0.15, 0.2) is 41.0 Å². The molecular formula is C25H28ClN3O4S. The Balaban J connectivity index is 1.80. The molecule has 180 valence electrons. The van der Waals surface area contributed by atoms with Gasteiger partial charge >= 0.3 is 5.97 Å². The van der Waals surface area contributed by atoms with Gasteiger partial charge in [-0.15, -0.1) is 0 Å². The van der Waals surface area contributed by atoms with Crippen LogP contribution in [-0.4, -0.2) is 36.4 Å². The molecule has 7 nitrogen and oxygen atoms in total. The Morgan fingerprint density at radius 2 is 1.85 bits per heavy atom. The predicted molar refractivity (Wildman–Crippen MR) is 140 cm³/mol. The number of rotatable bonds is 7. The van der Waals surface area contributed by atoms with Gasteiger partial charge in [0.2, 0.25) is 5.91 Å². The molecule has 0 fully saturated rings. The molecule has 0 saturated carbocycles. The number of fused-ring (bicyclic) bond motifs is 1. The highest BCUT2D eigenvalue weighted by Crippen LogP contribution is 2.34. The van der Waals surface area contributed by atoms with Gasteiger partial charge < -0.3 is 20.1 Å². The van der Waals surface area contributed by atoms with Crippen molar-refractivity contribution in [3.05, 3.63) is 57.8 Å². The van der Waals surface area contributed by atoms with E-state index in [-0.39, 0.29) is 24.1 Å². The Morgan fingerprint density at radius 3 is 2.56 bits per heavy atom. The quantitative estimate of drug-likeness (QED) is 0.456. The number of thioether (sulfide) groups is 1. The van der Waals surface area contributed by atoms with E-state index in [1.54, 1.807) is 25.1 Å². The summed E-state index contributed by atoms with van der Waals surface area (Å²) in [7, 11) is 1.52. The number of nitrogens with one attached hydrogen (secondary N) is 2. The fourth-order valence-corrected chi connectivity index (χ4v) is 4.19. The van der Waals surface area contributed by atoms with Gasteiger partial charge in [-0.3, -0.25) is 9.59 Å². The number of esters is 1. The Labute approximate surface area is 209 Å². The van der Waals surface area contributed by atoms with Crippen molar-refractivity contribution in [1.82, 2.24) is 0 Å². The van der Waals surface area contributed by atoms with Crippen molar-refractivity contribution in [2.75, 3.05) is 30.1 Å². The minimum Gasteiger partial charge on any atom is -0.495 e. The third-order valence-corrected chi connectivity index (χ3v) is 6.50. The first-order valence-electron chi connectivity index (χ1n) is 10.8. The number of carbonyl (C=O) groups is 2. The maximum atomic E-state index is 12.7. The Bertz CT molecular complexity index is 1180. The van der Waals surface area contributed by atoms with Crippen LogP contribution in [0.3, 0.4) is 0 Å². The van der Waals surface area contributed by atoms with Gasteiger partial charge in [-0.1, -0.05) is 23.4 Å². The van der Waals surface area contributed by atoms with Crippen LogP contribution in [0.1, 0.15) is 30.0 Å². The van der Waals surface area contributed by atoms with Crippen LogP contribution in [0.25, 0.3) is 0 Å². The second-order valence-electron chi connectivity index (χ2n) is 7.82. The van der Waals surface area contributed by atoms with Crippen LogP contribution in [0.4, 0.5) is 17.1 Å². The minimum atomic E-state index is -0.333. The number of ether oxygens (including phenoxy) is 2. The lowest BCUT2D eigenvalue weighted by Crippen LogP contribution is -2.16. The van der Waals surface area contributed by atoms with Gasteiger partial charge in [-0.05, 0) is 68.7 Å². The molecule has 0 aliphatic carbocycles. The number of aryl methyl sites for hydroxylation is 3. The van der Waals surface area contributed by atoms with Crippen molar-refractivity contribution in [3.63, 3.8) is 0 Å². The van der Waals surface area contributed by atoms with E-state index in [9.17, 15) is 9.59 Å². The molecule has 0 unspecified atom stereocenters. The highest BCUT2D eigenvalue weighted by molar-refractivity contribution is 8.14. The summed E-state index contributed by atoms with van der Waals surface area (Å²) in [4.78, 5) is 29.6. The second kappa shape index (κ2) is 11.4. The highest BCUT2D eigenvalue weighted by Gasteiger charge is 2.17. The molecule has 0 saturated heterocycles. The summed E-state index contributed by atoms with van der Waals surface area (Å²) < 4.78 is 10.4. The van der Waals surface area contributed by atoms with E-state index >= 15 is 0 Å². The molecule has 3 rings (SSSR count). The lowest BCUT2D eigenvalue weighted by molar-refractivity contribution is -0.142.